The lowest BCUT2D eigenvalue weighted by atomic mass is 9.67. The van der Waals surface area contributed by atoms with Gasteiger partial charge in [-0.3, -0.25) is 4.79 Å². The lowest BCUT2D eigenvalue weighted by Gasteiger charge is -2.47. The van der Waals surface area contributed by atoms with Gasteiger partial charge in [0.15, 0.2) is 0 Å². The molecule has 2 amide bonds. The molecule has 4 aliphatic rings. The van der Waals surface area contributed by atoms with E-state index in [1.165, 1.54) is 30.4 Å². The molecule has 1 aromatic carbocycles. The van der Waals surface area contributed by atoms with Gasteiger partial charge in [-0.05, 0) is 61.5 Å². The van der Waals surface area contributed by atoms with E-state index in [4.69, 9.17) is 4.74 Å². The molecule has 4 fully saturated rings. The first-order chi connectivity index (χ1) is 13.0. The highest BCUT2D eigenvalue weighted by molar-refractivity contribution is 5.81. The van der Waals surface area contributed by atoms with Crippen LogP contribution in [0.5, 0.6) is 0 Å². The number of hydrogen-bond donors (Lipinski definition) is 1. The summed E-state index contributed by atoms with van der Waals surface area (Å²) in [6.07, 6.45) is 7.30. The number of nitrogens with one attached hydrogen (secondary N) is 1. The molecule has 1 aromatic rings. The second-order valence-electron chi connectivity index (χ2n) is 9.11. The molecule has 3 aliphatic carbocycles. The molecule has 0 unspecified atom stereocenters. The largest absolute Gasteiger partial charge is 0.447 e. The molecule has 1 N–H and O–H groups in total. The van der Waals surface area contributed by atoms with E-state index < -0.39 is 0 Å². The van der Waals surface area contributed by atoms with Gasteiger partial charge in [0.25, 0.3) is 0 Å². The van der Waals surface area contributed by atoms with E-state index in [0.717, 1.165) is 31.6 Å². The first kappa shape index (κ1) is 17.1. The lowest BCUT2D eigenvalue weighted by Crippen LogP contribution is -2.59. The third-order valence-electron chi connectivity index (χ3n) is 7.52. The van der Waals surface area contributed by atoms with Crippen LogP contribution in [0.1, 0.15) is 67.9 Å². The number of cyclic esters (lactones) is 1. The molecular formula is C22H28N2O3. The highest BCUT2D eigenvalue weighted by atomic mass is 16.6. The van der Waals surface area contributed by atoms with E-state index in [1.807, 2.05) is 0 Å². The summed E-state index contributed by atoms with van der Waals surface area (Å²) in [5.41, 5.74) is 2.71. The number of nitrogens with zero attached hydrogens (tertiary/aromatic N) is 1. The van der Waals surface area contributed by atoms with Crippen molar-refractivity contribution < 1.29 is 14.3 Å². The van der Waals surface area contributed by atoms with Gasteiger partial charge in [0, 0.05) is 19.0 Å². The monoisotopic (exact) mass is 368 g/mol. The van der Waals surface area contributed by atoms with Crippen LogP contribution in [0.3, 0.4) is 0 Å². The molecule has 1 aliphatic heterocycles. The number of hydrogen-bond acceptors (Lipinski definition) is 3. The normalized spacial score (nSPS) is 35.2. The molecule has 5 heteroatoms. The number of amides is 2. The number of ether oxygens (including phenoxy) is 1. The van der Waals surface area contributed by atoms with Crippen molar-refractivity contribution in [1.29, 1.82) is 0 Å². The van der Waals surface area contributed by atoms with Crippen LogP contribution in [0.15, 0.2) is 24.3 Å². The van der Waals surface area contributed by atoms with Crippen molar-refractivity contribution in [2.75, 3.05) is 13.7 Å². The Morgan fingerprint density at radius 1 is 1.19 bits per heavy atom. The van der Waals surface area contributed by atoms with Gasteiger partial charge in [0.05, 0.1) is 5.54 Å². The Kier molecular flexibility index (Phi) is 3.95. The van der Waals surface area contributed by atoms with Gasteiger partial charge in [0.2, 0.25) is 5.91 Å². The van der Waals surface area contributed by atoms with Gasteiger partial charge >= 0.3 is 6.09 Å². The van der Waals surface area contributed by atoms with Gasteiger partial charge in [-0.15, -0.1) is 0 Å². The number of carbonyl (C=O) groups excluding carboxylic acids is 2. The quantitative estimate of drug-likeness (QED) is 0.884. The van der Waals surface area contributed by atoms with Crippen molar-refractivity contribution >= 4 is 12.0 Å². The first-order valence-electron chi connectivity index (χ1n) is 10.3. The Labute approximate surface area is 160 Å². The minimum absolute atomic E-state index is 0.0166. The molecule has 1 heterocycles. The average molecular weight is 368 g/mol. The second kappa shape index (κ2) is 6.25. The van der Waals surface area contributed by atoms with Crippen molar-refractivity contribution in [2.45, 2.75) is 68.4 Å². The predicted octanol–water partition coefficient (Wildman–Crippen LogP) is 3.55. The number of carbonyl (C=O) groups is 2. The Bertz CT molecular complexity index is 761. The molecule has 1 saturated heterocycles. The Balaban J connectivity index is 1.11. The maximum atomic E-state index is 12.5. The molecule has 27 heavy (non-hydrogen) atoms. The SMILES string of the molecule is CN1C(=O)OCC12CC(C(=O)NC1CC(c3cccc(C4CCC4)c3)C1)C2. The highest BCUT2D eigenvalue weighted by Crippen LogP contribution is 2.46. The van der Waals surface area contributed by atoms with Crippen molar-refractivity contribution in [2.24, 2.45) is 5.92 Å². The maximum absolute atomic E-state index is 12.5. The third kappa shape index (κ3) is 2.82. The molecule has 1 spiro atoms. The second-order valence-corrected chi connectivity index (χ2v) is 9.11. The van der Waals surface area contributed by atoms with Crippen LogP contribution >= 0.6 is 0 Å². The number of benzene rings is 1. The smallest absolute Gasteiger partial charge is 0.410 e. The standard InChI is InChI=1S/C22H28N2O3/c1-24-21(26)27-13-22(24)11-18(12-22)20(25)23-19-9-17(10-19)16-7-3-6-15(8-16)14-4-2-5-14/h3,6-8,14,17-19H,2,4-5,9-13H2,1H3,(H,23,25). The number of likely N-dealkylation sites (N-methyl/N-ethyl adjacent to an activating group) is 1. The molecule has 0 bridgehead atoms. The average Bonchev–Trinajstić information content (AvgIpc) is 2.83. The molecule has 0 atom stereocenters. The van der Waals surface area contributed by atoms with E-state index in [9.17, 15) is 9.59 Å². The van der Waals surface area contributed by atoms with Crippen LogP contribution in [0, 0.1) is 5.92 Å². The van der Waals surface area contributed by atoms with Crippen LogP contribution in [-0.4, -0.2) is 42.1 Å². The van der Waals surface area contributed by atoms with E-state index in [-0.39, 0.29) is 23.5 Å². The minimum atomic E-state index is -0.264. The van der Waals surface area contributed by atoms with Crippen molar-refractivity contribution in [1.82, 2.24) is 10.2 Å². The van der Waals surface area contributed by atoms with Crippen molar-refractivity contribution in [3.8, 4) is 0 Å². The van der Waals surface area contributed by atoms with Gasteiger partial charge in [-0.1, -0.05) is 30.7 Å². The molecule has 5 rings (SSSR count). The maximum Gasteiger partial charge on any atom is 0.410 e. The summed E-state index contributed by atoms with van der Waals surface area (Å²) in [5.74, 6) is 1.52. The zero-order chi connectivity index (χ0) is 18.6. The van der Waals surface area contributed by atoms with Crippen LogP contribution in [0.4, 0.5) is 4.79 Å². The molecule has 144 valence electrons. The summed E-state index contributed by atoms with van der Waals surface area (Å²) in [4.78, 5) is 25.8. The van der Waals surface area contributed by atoms with E-state index in [0.29, 0.717) is 18.6 Å². The summed E-state index contributed by atoms with van der Waals surface area (Å²) in [7, 11) is 1.78. The topological polar surface area (TPSA) is 58.6 Å². The minimum Gasteiger partial charge on any atom is -0.447 e. The fourth-order valence-corrected chi connectivity index (χ4v) is 5.15. The fourth-order valence-electron chi connectivity index (χ4n) is 5.15. The van der Waals surface area contributed by atoms with Crippen LogP contribution in [-0.2, 0) is 9.53 Å². The highest BCUT2D eigenvalue weighted by Gasteiger charge is 2.56. The van der Waals surface area contributed by atoms with E-state index in [2.05, 4.69) is 29.6 Å². The Morgan fingerprint density at radius 3 is 2.48 bits per heavy atom. The zero-order valence-corrected chi connectivity index (χ0v) is 15.9. The van der Waals surface area contributed by atoms with Gasteiger partial charge in [0.1, 0.15) is 6.61 Å². The lowest BCUT2D eigenvalue weighted by molar-refractivity contribution is -0.133. The molecule has 0 aromatic heterocycles. The summed E-state index contributed by atoms with van der Waals surface area (Å²) >= 11 is 0. The van der Waals surface area contributed by atoms with Crippen molar-refractivity contribution in [3.63, 3.8) is 0 Å². The summed E-state index contributed by atoms with van der Waals surface area (Å²) in [6, 6.07) is 9.41. The fraction of sp³-hybridized carbons (Fsp3) is 0.636. The van der Waals surface area contributed by atoms with Crippen molar-refractivity contribution in [3.05, 3.63) is 35.4 Å². The molecule has 0 radical (unpaired) electrons. The van der Waals surface area contributed by atoms with Gasteiger partial charge < -0.3 is 15.0 Å². The van der Waals surface area contributed by atoms with Gasteiger partial charge in [-0.25, -0.2) is 4.79 Å². The third-order valence-corrected chi connectivity index (χ3v) is 7.52. The van der Waals surface area contributed by atoms with E-state index >= 15 is 0 Å². The predicted molar refractivity (Wildman–Crippen MR) is 102 cm³/mol. The zero-order valence-electron chi connectivity index (χ0n) is 15.9. The van der Waals surface area contributed by atoms with Crippen LogP contribution in [0.2, 0.25) is 0 Å². The Morgan fingerprint density at radius 2 is 1.89 bits per heavy atom. The first-order valence-corrected chi connectivity index (χ1v) is 10.3. The van der Waals surface area contributed by atoms with E-state index in [1.54, 1.807) is 11.9 Å². The van der Waals surface area contributed by atoms with Crippen LogP contribution < -0.4 is 5.32 Å². The molecule has 3 saturated carbocycles. The summed E-state index contributed by atoms with van der Waals surface area (Å²) < 4.78 is 5.12. The van der Waals surface area contributed by atoms with Crippen LogP contribution in [0.25, 0.3) is 0 Å². The summed E-state index contributed by atoms with van der Waals surface area (Å²) in [6.45, 7) is 0.426. The Hall–Kier alpha value is -2.04. The van der Waals surface area contributed by atoms with Gasteiger partial charge in [-0.2, -0.15) is 0 Å². The summed E-state index contributed by atoms with van der Waals surface area (Å²) in [5, 5.41) is 3.23. The number of rotatable bonds is 4. The molecular weight excluding hydrogens is 340 g/mol. The molecule has 5 nitrogen and oxygen atoms in total.